The Morgan fingerprint density at radius 3 is 2.92 bits per heavy atom. The van der Waals surface area contributed by atoms with Crippen LogP contribution < -0.4 is 5.32 Å². The van der Waals surface area contributed by atoms with E-state index in [1.54, 1.807) is 6.08 Å². The van der Waals surface area contributed by atoms with E-state index in [-0.39, 0.29) is 0 Å². The lowest BCUT2D eigenvalue weighted by atomic mass is 10.2. The molecule has 2 nitrogen and oxygen atoms in total. The van der Waals surface area contributed by atoms with Gasteiger partial charge in [0.2, 0.25) is 0 Å². The molecule has 0 spiro atoms. The first-order valence-electron chi connectivity index (χ1n) is 4.04. The van der Waals surface area contributed by atoms with Crippen LogP contribution in [0.3, 0.4) is 0 Å². The standard InChI is InChI=1S/C11H8N2/c12-8-10-6-3-5-9-4-1-2-7-11(9)13-10/h1-7,13H. The van der Waals surface area contributed by atoms with Gasteiger partial charge in [-0.3, -0.25) is 0 Å². The SMILES string of the molecule is N#CC1=CC=Cc2ccccc2N1. The van der Waals surface area contributed by atoms with Gasteiger partial charge in [0, 0.05) is 5.69 Å². The maximum atomic E-state index is 8.73. The zero-order valence-electron chi connectivity index (χ0n) is 6.99. The molecule has 1 aliphatic rings. The summed E-state index contributed by atoms with van der Waals surface area (Å²) >= 11 is 0. The number of para-hydroxylation sites is 1. The number of anilines is 1. The Kier molecular flexibility index (Phi) is 1.85. The lowest BCUT2D eigenvalue weighted by molar-refractivity contribution is 1.43. The molecule has 0 unspecified atom stereocenters. The molecule has 2 rings (SSSR count). The highest BCUT2D eigenvalue weighted by Crippen LogP contribution is 2.20. The number of allylic oxidation sites excluding steroid dienone is 3. The number of fused-ring (bicyclic) bond motifs is 1. The molecule has 0 amide bonds. The Hall–Kier alpha value is -2.01. The predicted octanol–water partition coefficient (Wildman–Crippen LogP) is 2.53. The van der Waals surface area contributed by atoms with E-state index in [1.165, 1.54) is 0 Å². The topological polar surface area (TPSA) is 35.8 Å². The van der Waals surface area contributed by atoms with Crippen molar-refractivity contribution >= 4 is 11.8 Å². The van der Waals surface area contributed by atoms with Crippen molar-refractivity contribution in [1.29, 1.82) is 5.26 Å². The Bertz CT molecular complexity index is 422. The molecule has 0 bridgehead atoms. The number of hydrogen-bond acceptors (Lipinski definition) is 2. The van der Waals surface area contributed by atoms with E-state index in [1.807, 2.05) is 36.4 Å². The van der Waals surface area contributed by atoms with Gasteiger partial charge in [0.05, 0.1) is 0 Å². The smallest absolute Gasteiger partial charge is 0.117 e. The Balaban J connectivity index is 2.47. The first-order chi connectivity index (χ1) is 6.40. The average molecular weight is 168 g/mol. The van der Waals surface area contributed by atoms with Crippen LogP contribution in [0, 0.1) is 11.3 Å². The molecule has 0 saturated carbocycles. The molecule has 0 radical (unpaired) electrons. The summed E-state index contributed by atoms with van der Waals surface area (Å²) in [5.74, 6) is 0. The van der Waals surface area contributed by atoms with E-state index < -0.39 is 0 Å². The van der Waals surface area contributed by atoms with Crippen molar-refractivity contribution in [2.75, 3.05) is 5.32 Å². The van der Waals surface area contributed by atoms with Crippen LogP contribution in [-0.2, 0) is 0 Å². The summed E-state index contributed by atoms with van der Waals surface area (Å²) in [6.45, 7) is 0. The fraction of sp³-hybridized carbons (Fsp3) is 0. The number of hydrogen-bond donors (Lipinski definition) is 1. The van der Waals surface area contributed by atoms with Crippen LogP contribution in [0.15, 0.2) is 42.1 Å². The van der Waals surface area contributed by atoms with Crippen molar-refractivity contribution in [3.63, 3.8) is 0 Å². The van der Waals surface area contributed by atoms with Crippen LogP contribution in [0.2, 0.25) is 0 Å². The van der Waals surface area contributed by atoms with Gasteiger partial charge in [-0.1, -0.05) is 30.4 Å². The largest absolute Gasteiger partial charge is 0.346 e. The second kappa shape index (κ2) is 3.16. The summed E-state index contributed by atoms with van der Waals surface area (Å²) in [5.41, 5.74) is 2.65. The molecule has 0 saturated heterocycles. The summed E-state index contributed by atoms with van der Waals surface area (Å²) < 4.78 is 0. The molecule has 0 aliphatic carbocycles. The van der Waals surface area contributed by atoms with Crippen LogP contribution in [0.1, 0.15) is 5.56 Å². The first-order valence-corrected chi connectivity index (χ1v) is 4.04. The molecular formula is C11H8N2. The Morgan fingerprint density at radius 2 is 2.08 bits per heavy atom. The van der Waals surface area contributed by atoms with Gasteiger partial charge < -0.3 is 5.32 Å². The molecule has 1 N–H and O–H groups in total. The van der Waals surface area contributed by atoms with Crippen LogP contribution in [0.4, 0.5) is 5.69 Å². The summed E-state index contributed by atoms with van der Waals surface area (Å²) in [6.07, 6.45) is 5.62. The minimum atomic E-state index is 0.571. The highest BCUT2D eigenvalue weighted by Gasteiger charge is 2.02. The molecule has 0 fully saturated rings. The van der Waals surface area contributed by atoms with E-state index in [2.05, 4.69) is 11.4 Å². The third kappa shape index (κ3) is 1.45. The normalized spacial score (nSPS) is 13.3. The van der Waals surface area contributed by atoms with Gasteiger partial charge in [-0.2, -0.15) is 5.26 Å². The van der Waals surface area contributed by atoms with Crippen molar-refractivity contribution in [2.24, 2.45) is 0 Å². The molecule has 1 aromatic rings. The summed E-state index contributed by atoms with van der Waals surface area (Å²) in [5, 5.41) is 11.8. The maximum Gasteiger partial charge on any atom is 0.117 e. The second-order valence-corrected chi connectivity index (χ2v) is 2.76. The lowest BCUT2D eigenvalue weighted by Crippen LogP contribution is -1.96. The van der Waals surface area contributed by atoms with E-state index in [9.17, 15) is 0 Å². The first kappa shape index (κ1) is 7.63. The van der Waals surface area contributed by atoms with Gasteiger partial charge in [-0.15, -0.1) is 0 Å². The number of nitrogens with one attached hydrogen (secondary N) is 1. The number of benzene rings is 1. The minimum Gasteiger partial charge on any atom is -0.346 e. The maximum absolute atomic E-state index is 8.73. The molecule has 2 heteroatoms. The molecule has 1 aromatic carbocycles. The van der Waals surface area contributed by atoms with E-state index >= 15 is 0 Å². The fourth-order valence-electron chi connectivity index (χ4n) is 1.26. The van der Waals surface area contributed by atoms with Crippen LogP contribution in [-0.4, -0.2) is 0 Å². The van der Waals surface area contributed by atoms with Crippen molar-refractivity contribution in [1.82, 2.24) is 0 Å². The molecule has 0 aromatic heterocycles. The van der Waals surface area contributed by atoms with E-state index in [0.29, 0.717) is 5.70 Å². The monoisotopic (exact) mass is 168 g/mol. The Labute approximate surface area is 76.8 Å². The Morgan fingerprint density at radius 1 is 1.23 bits per heavy atom. The van der Waals surface area contributed by atoms with Gasteiger partial charge >= 0.3 is 0 Å². The predicted molar refractivity (Wildman–Crippen MR) is 52.8 cm³/mol. The molecule has 0 atom stereocenters. The van der Waals surface area contributed by atoms with Crippen molar-refractivity contribution in [3.05, 3.63) is 47.7 Å². The van der Waals surface area contributed by atoms with Gasteiger partial charge in [-0.25, -0.2) is 0 Å². The zero-order valence-corrected chi connectivity index (χ0v) is 6.99. The van der Waals surface area contributed by atoms with Crippen molar-refractivity contribution < 1.29 is 0 Å². The number of nitriles is 1. The average Bonchev–Trinajstić information content (AvgIpc) is 2.38. The molecule has 13 heavy (non-hydrogen) atoms. The van der Waals surface area contributed by atoms with Crippen molar-refractivity contribution in [3.8, 4) is 6.07 Å². The third-order valence-electron chi connectivity index (χ3n) is 1.89. The summed E-state index contributed by atoms with van der Waals surface area (Å²) in [4.78, 5) is 0. The van der Waals surface area contributed by atoms with Crippen molar-refractivity contribution in [2.45, 2.75) is 0 Å². The highest BCUT2D eigenvalue weighted by molar-refractivity contribution is 5.72. The fourth-order valence-corrected chi connectivity index (χ4v) is 1.26. The van der Waals surface area contributed by atoms with Crippen LogP contribution in [0.5, 0.6) is 0 Å². The minimum absolute atomic E-state index is 0.571. The van der Waals surface area contributed by atoms with Gasteiger partial charge in [0.25, 0.3) is 0 Å². The lowest BCUT2D eigenvalue weighted by Gasteiger charge is -2.04. The molecule has 62 valence electrons. The van der Waals surface area contributed by atoms with Gasteiger partial charge in [0.1, 0.15) is 11.8 Å². The molecule has 1 aliphatic heterocycles. The van der Waals surface area contributed by atoms with Crippen LogP contribution in [0.25, 0.3) is 6.08 Å². The number of nitrogens with zero attached hydrogens (tertiary/aromatic N) is 1. The highest BCUT2D eigenvalue weighted by atomic mass is 14.9. The van der Waals surface area contributed by atoms with Gasteiger partial charge in [-0.05, 0) is 17.7 Å². The molecular weight excluding hydrogens is 160 g/mol. The van der Waals surface area contributed by atoms with E-state index in [0.717, 1.165) is 11.3 Å². The zero-order chi connectivity index (χ0) is 9.10. The number of rotatable bonds is 0. The van der Waals surface area contributed by atoms with Crippen LogP contribution >= 0.6 is 0 Å². The quantitative estimate of drug-likeness (QED) is 0.646. The van der Waals surface area contributed by atoms with Gasteiger partial charge in [0.15, 0.2) is 0 Å². The summed E-state index contributed by atoms with van der Waals surface area (Å²) in [6, 6.07) is 9.96. The van der Waals surface area contributed by atoms with E-state index in [4.69, 9.17) is 5.26 Å². The second-order valence-electron chi connectivity index (χ2n) is 2.76. The molecule has 1 heterocycles. The summed E-state index contributed by atoms with van der Waals surface area (Å²) in [7, 11) is 0. The third-order valence-corrected chi connectivity index (χ3v) is 1.89.